The summed E-state index contributed by atoms with van der Waals surface area (Å²) >= 11 is 0. The molecule has 1 aromatic heterocycles. The number of aromatic nitrogens is 2. The highest BCUT2D eigenvalue weighted by Crippen LogP contribution is 2.29. The van der Waals surface area contributed by atoms with Crippen LogP contribution in [0.3, 0.4) is 0 Å². The zero-order valence-corrected chi connectivity index (χ0v) is 14.6. The Labute approximate surface area is 144 Å². The molecule has 2 atom stereocenters. The molecule has 1 aromatic rings. The van der Waals surface area contributed by atoms with Gasteiger partial charge in [-0.3, -0.25) is 4.90 Å². The van der Waals surface area contributed by atoms with Crippen molar-refractivity contribution in [1.82, 2.24) is 20.2 Å². The number of β-amino-alcohol motifs (C(OH)–C–C–N with tert-alkyl or cyclic N) is 1. The summed E-state index contributed by atoms with van der Waals surface area (Å²) in [5.74, 6) is 2.38. The van der Waals surface area contributed by atoms with Crippen LogP contribution in [-0.2, 0) is 0 Å². The number of aryl methyl sites for hydroxylation is 1. The maximum absolute atomic E-state index is 10.5. The first kappa shape index (κ1) is 16.2. The lowest BCUT2D eigenvalue weighted by Gasteiger charge is -2.26. The van der Waals surface area contributed by atoms with E-state index in [4.69, 9.17) is 4.98 Å². The Bertz CT molecular complexity index is 569. The SMILES string of the molecule is Cc1nc(C2CCNCC2)cc(N2C[C@H](O)[C@@H](N3CCCC3)C2)n1. The number of hydrogen-bond donors (Lipinski definition) is 2. The van der Waals surface area contributed by atoms with Gasteiger partial charge in [0.25, 0.3) is 0 Å². The van der Waals surface area contributed by atoms with Gasteiger partial charge in [0.2, 0.25) is 0 Å². The maximum Gasteiger partial charge on any atom is 0.132 e. The molecule has 3 aliphatic heterocycles. The van der Waals surface area contributed by atoms with Crippen molar-refractivity contribution in [3.63, 3.8) is 0 Å². The van der Waals surface area contributed by atoms with Crippen LogP contribution in [0.4, 0.5) is 5.82 Å². The van der Waals surface area contributed by atoms with E-state index in [-0.39, 0.29) is 12.1 Å². The van der Waals surface area contributed by atoms with Gasteiger partial charge in [-0.15, -0.1) is 0 Å². The molecule has 3 saturated heterocycles. The average Bonchev–Trinajstić information content (AvgIpc) is 3.24. The molecule has 3 fully saturated rings. The van der Waals surface area contributed by atoms with Crippen LogP contribution in [-0.4, -0.2) is 71.4 Å². The predicted octanol–water partition coefficient (Wildman–Crippen LogP) is 0.897. The van der Waals surface area contributed by atoms with Gasteiger partial charge < -0.3 is 15.3 Å². The highest BCUT2D eigenvalue weighted by atomic mass is 16.3. The number of aliphatic hydroxyl groups excluding tert-OH is 1. The fourth-order valence-electron chi connectivity index (χ4n) is 4.45. The average molecular weight is 331 g/mol. The molecule has 0 spiro atoms. The summed E-state index contributed by atoms with van der Waals surface area (Å²) < 4.78 is 0. The molecule has 24 heavy (non-hydrogen) atoms. The van der Waals surface area contributed by atoms with E-state index in [1.807, 2.05) is 6.92 Å². The second-order valence-corrected chi connectivity index (χ2v) is 7.51. The van der Waals surface area contributed by atoms with E-state index in [2.05, 4.69) is 26.2 Å². The van der Waals surface area contributed by atoms with Crippen molar-refractivity contribution in [2.75, 3.05) is 44.2 Å². The summed E-state index contributed by atoms with van der Waals surface area (Å²) in [6.07, 6.45) is 4.54. The van der Waals surface area contributed by atoms with Crippen molar-refractivity contribution in [2.45, 2.75) is 50.7 Å². The summed E-state index contributed by atoms with van der Waals surface area (Å²) in [5, 5.41) is 14.0. The van der Waals surface area contributed by atoms with E-state index < -0.39 is 0 Å². The summed E-state index contributed by atoms with van der Waals surface area (Å²) in [6, 6.07) is 2.42. The Kier molecular flexibility index (Phi) is 4.70. The smallest absolute Gasteiger partial charge is 0.132 e. The molecule has 4 rings (SSSR count). The van der Waals surface area contributed by atoms with Crippen LogP contribution >= 0.6 is 0 Å². The van der Waals surface area contributed by atoms with Gasteiger partial charge in [-0.05, 0) is 58.8 Å². The minimum atomic E-state index is -0.277. The second kappa shape index (κ2) is 6.94. The molecule has 0 unspecified atom stereocenters. The fourth-order valence-corrected chi connectivity index (χ4v) is 4.45. The topological polar surface area (TPSA) is 64.5 Å². The molecule has 0 saturated carbocycles. The van der Waals surface area contributed by atoms with Gasteiger partial charge in [0.15, 0.2) is 0 Å². The third-order valence-corrected chi connectivity index (χ3v) is 5.79. The molecule has 6 nitrogen and oxygen atoms in total. The van der Waals surface area contributed by atoms with Crippen molar-refractivity contribution in [1.29, 1.82) is 0 Å². The van der Waals surface area contributed by atoms with E-state index in [9.17, 15) is 5.11 Å². The van der Waals surface area contributed by atoms with Crippen LogP contribution < -0.4 is 10.2 Å². The zero-order valence-electron chi connectivity index (χ0n) is 14.6. The third-order valence-electron chi connectivity index (χ3n) is 5.79. The number of rotatable bonds is 3. The van der Waals surface area contributed by atoms with Crippen LogP contribution in [0.1, 0.15) is 43.1 Å². The first-order chi connectivity index (χ1) is 11.7. The highest BCUT2D eigenvalue weighted by Gasteiger charge is 2.37. The second-order valence-electron chi connectivity index (χ2n) is 7.51. The quantitative estimate of drug-likeness (QED) is 0.858. The highest BCUT2D eigenvalue weighted by molar-refractivity contribution is 5.43. The lowest BCUT2D eigenvalue weighted by molar-refractivity contribution is 0.0986. The number of nitrogens with zero attached hydrogens (tertiary/aromatic N) is 4. The van der Waals surface area contributed by atoms with Gasteiger partial charge in [0.05, 0.1) is 12.1 Å². The third kappa shape index (κ3) is 3.27. The molecule has 0 aromatic carbocycles. The van der Waals surface area contributed by atoms with Gasteiger partial charge in [-0.25, -0.2) is 9.97 Å². The lowest BCUT2D eigenvalue weighted by atomic mass is 9.94. The molecule has 132 valence electrons. The van der Waals surface area contributed by atoms with E-state index in [0.717, 1.165) is 57.2 Å². The van der Waals surface area contributed by atoms with Gasteiger partial charge in [0.1, 0.15) is 11.6 Å². The van der Waals surface area contributed by atoms with Gasteiger partial charge >= 0.3 is 0 Å². The monoisotopic (exact) mass is 331 g/mol. The molecular formula is C18H29N5O. The van der Waals surface area contributed by atoms with Crippen LogP contribution in [0.25, 0.3) is 0 Å². The summed E-state index contributed by atoms with van der Waals surface area (Å²) in [4.78, 5) is 14.1. The Hall–Kier alpha value is -1.24. The van der Waals surface area contributed by atoms with E-state index >= 15 is 0 Å². The van der Waals surface area contributed by atoms with Gasteiger partial charge in [0, 0.05) is 30.8 Å². The van der Waals surface area contributed by atoms with E-state index in [1.54, 1.807) is 0 Å². The Morgan fingerprint density at radius 1 is 1.12 bits per heavy atom. The Morgan fingerprint density at radius 2 is 1.88 bits per heavy atom. The lowest BCUT2D eigenvalue weighted by Crippen LogP contribution is -2.41. The summed E-state index contributed by atoms with van der Waals surface area (Å²) in [6.45, 7) is 7.94. The van der Waals surface area contributed by atoms with Crippen molar-refractivity contribution in [3.8, 4) is 0 Å². The van der Waals surface area contributed by atoms with Crippen LogP contribution in [0.15, 0.2) is 6.07 Å². The van der Waals surface area contributed by atoms with Crippen molar-refractivity contribution < 1.29 is 5.11 Å². The largest absolute Gasteiger partial charge is 0.390 e. The van der Waals surface area contributed by atoms with Crippen molar-refractivity contribution in [2.24, 2.45) is 0 Å². The standard InChI is InChI=1S/C18H29N5O/c1-13-20-15(14-4-6-19-7-5-14)10-18(21-13)23-11-16(17(24)12-23)22-8-2-3-9-22/h10,14,16-17,19,24H,2-9,11-12H2,1H3/t16-,17-/m0/s1. The van der Waals surface area contributed by atoms with Crippen LogP contribution in [0.5, 0.6) is 0 Å². The van der Waals surface area contributed by atoms with E-state index in [1.165, 1.54) is 18.5 Å². The maximum atomic E-state index is 10.5. The van der Waals surface area contributed by atoms with Gasteiger partial charge in [-0.2, -0.15) is 0 Å². The van der Waals surface area contributed by atoms with Crippen molar-refractivity contribution >= 4 is 5.82 Å². The van der Waals surface area contributed by atoms with Gasteiger partial charge in [-0.1, -0.05) is 0 Å². The number of piperidine rings is 1. The number of aliphatic hydroxyl groups is 1. The van der Waals surface area contributed by atoms with Crippen molar-refractivity contribution in [3.05, 3.63) is 17.6 Å². The molecule has 4 heterocycles. The molecule has 2 N–H and O–H groups in total. The Balaban J connectivity index is 1.52. The molecule has 3 aliphatic rings. The number of nitrogens with one attached hydrogen (secondary N) is 1. The predicted molar refractivity (Wildman–Crippen MR) is 94.4 cm³/mol. The first-order valence-electron chi connectivity index (χ1n) is 9.44. The fraction of sp³-hybridized carbons (Fsp3) is 0.778. The minimum absolute atomic E-state index is 0.255. The molecule has 0 bridgehead atoms. The molecule has 6 heteroatoms. The Morgan fingerprint density at radius 3 is 2.62 bits per heavy atom. The molecule has 0 radical (unpaired) electrons. The number of anilines is 1. The molecule has 0 aliphatic carbocycles. The zero-order chi connectivity index (χ0) is 16.5. The van der Waals surface area contributed by atoms with Crippen LogP contribution in [0.2, 0.25) is 0 Å². The summed E-state index contributed by atoms with van der Waals surface area (Å²) in [5.41, 5.74) is 1.18. The molecule has 0 amide bonds. The normalized spacial score (nSPS) is 29.5. The number of likely N-dealkylation sites (tertiary alicyclic amines) is 1. The summed E-state index contributed by atoms with van der Waals surface area (Å²) in [7, 11) is 0. The molecular weight excluding hydrogens is 302 g/mol. The first-order valence-corrected chi connectivity index (χ1v) is 9.44. The minimum Gasteiger partial charge on any atom is -0.390 e. The van der Waals surface area contributed by atoms with Crippen LogP contribution in [0, 0.1) is 6.92 Å². The van der Waals surface area contributed by atoms with E-state index in [0.29, 0.717) is 12.5 Å². The number of hydrogen-bond acceptors (Lipinski definition) is 6.